The van der Waals surface area contributed by atoms with Crippen LogP contribution in [0.15, 0.2) is 29.3 Å². The second kappa shape index (κ2) is 7.18. The third-order valence-corrected chi connectivity index (χ3v) is 4.07. The number of aliphatic imine (C=N–C) groups is 1. The Morgan fingerprint density at radius 3 is 2.29 bits per heavy atom. The highest BCUT2D eigenvalue weighted by Gasteiger charge is 2.38. The minimum Gasteiger partial charge on any atom is -0.370 e. The van der Waals surface area contributed by atoms with Gasteiger partial charge in [0.2, 0.25) is 0 Å². The monoisotopic (exact) mass is 421 g/mol. The largest absolute Gasteiger partial charge is 0.370 e. The van der Waals surface area contributed by atoms with E-state index >= 15 is 0 Å². The van der Waals surface area contributed by atoms with Crippen LogP contribution in [0.2, 0.25) is 5.02 Å². The van der Waals surface area contributed by atoms with Crippen molar-refractivity contribution in [1.82, 2.24) is 5.32 Å². The van der Waals surface area contributed by atoms with Gasteiger partial charge in [-0.15, -0.1) is 24.0 Å². The number of guanidine groups is 1. The maximum atomic E-state index is 5.97. The Morgan fingerprint density at radius 2 is 1.86 bits per heavy atom. The van der Waals surface area contributed by atoms with Gasteiger partial charge in [0.05, 0.1) is 6.54 Å². The summed E-state index contributed by atoms with van der Waals surface area (Å²) in [5, 5.41) is 3.99. The molecule has 2 rings (SSSR count). The van der Waals surface area contributed by atoms with Gasteiger partial charge in [0.25, 0.3) is 0 Å². The summed E-state index contributed by atoms with van der Waals surface area (Å²) in [4.78, 5) is 4.55. The van der Waals surface area contributed by atoms with E-state index in [1.807, 2.05) is 12.1 Å². The Morgan fingerprint density at radius 1 is 1.29 bits per heavy atom. The molecule has 21 heavy (non-hydrogen) atoms. The van der Waals surface area contributed by atoms with Crippen molar-refractivity contribution in [2.75, 3.05) is 6.54 Å². The zero-order valence-corrected chi connectivity index (χ0v) is 16.0. The lowest BCUT2D eigenvalue weighted by atomic mass is 9.64. The van der Waals surface area contributed by atoms with Crippen molar-refractivity contribution >= 4 is 41.5 Å². The van der Waals surface area contributed by atoms with Gasteiger partial charge in [-0.2, -0.15) is 0 Å². The van der Waals surface area contributed by atoms with Crippen molar-refractivity contribution in [2.45, 2.75) is 51.0 Å². The fourth-order valence-corrected chi connectivity index (χ4v) is 2.73. The van der Waals surface area contributed by atoms with E-state index in [0.29, 0.717) is 5.96 Å². The Hall–Kier alpha value is -0.490. The van der Waals surface area contributed by atoms with E-state index in [9.17, 15) is 0 Å². The average molecular weight is 422 g/mol. The number of benzene rings is 1. The molecule has 1 aromatic carbocycles. The van der Waals surface area contributed by atoms with Gasteiger partial charge in [-0.1, -0.05) is 30.2 Å². The molecule has 1 fully saturated rings. The maximum absolute atomic E-state index is 5.97. The zero-order chi connectivity index (χ0) is 14.8. The minimum atomic E-state index is -0.0549. The summed E-state index contributed by atoms with van der Waals surface area (Å²) in [5.74, 6) is 0.526. The van der Waals surface area contributed by atoms with Gasteiger partial charge in [0.1, 0.15) is 0 Å². The molecule has 0 spiro atoms. The summed E-state index contributed by atoms with van der Waals surface area (Å²) < 4.78 is 0. The Bertz CT molecular complexity index is 487. The van der Waals surface area contributed by atoms with Crippen LogP contribution in [0.4, 0.5) is 0 Å². The second-order valence-electron chi connectivity index (χ2n) is 6.72. The minimum absolute atomic E-state index is 0. The Kier molecular flexibility index (Phi) is 6.35. The number of nitrogens with zero attached hydrogens (tertiary/aromatic N) is 1. The number of halogens is 2. The van der Waals surface area contributed by atoms with E-state index in [0.717, 1.165) is 11.6 Å². The van der Waals surface area contributed by atoms with Gasteiger partial charge < -0.3 is 11.1 Å². The summed E-state index contributed by atoms with van der Waals surface area (Å²) in [6, 6.07) is 8.14. The van der Waals surface area contributed by atoms with Crippen LogP contribution >= 0.6 is 35.6 Å². The molecule has 118 valence electrons. The number of rotatable bonds is 3. The van der Waals surface area contributed by atoms with Crippen LogP contribution in [-0.2, 0) is 5.41 Å². The van der Waals surface area contributed by atoms with Crippen LogP contribution in [0.5, 0.6) is 0 Å². The molecule has 1 aliphatic rings. The molecule has 0 aliphatic heterocycles. The molecule has 3 N–H and O–H groups in total. The molecule has 0 atom stereocenters. The lowest BCUT2D eigenvalue weighted by Gasteiger charge is -2.41. The molecule has 0 amide bonds. The van der Waals surface area contributed by atoms with Crippen LogP contribution in [0, 0.1) is 0 Å². The van der Waals surface area contributed by atoms with Gasteiger partial charge in [0.15, 0.2) is 5.96 Å². The van der Waals surface area contributed by atoms with Gasteiger partial charge in [-0.3, -0.25) is 4.99 Å². The molecule has 0 unspecified atom stereocenters. The highest BCUT2D eigenvalue weighted by Crippen LogP contribution is 2.44. The summed E-state index contributed by atoms with van der Waals surface area (Å²) in [6.45, 7) is 6.97. The molecular formula is C16H25ClIN3. The van der Waals surface area contributed by atoms with E-state index < -0.39 is 0 Å². The molecule has 3 nitrogen and oxygen atoms in total. The average Bonchev–Trinajstić information content (AvgIpc) is 2.27. The number of hydrogen-bond acceptors (Lipinski definition) is 1. The maximum Gasteiger partial charge on any atom is 0.189 e. The number of nitrogens with one attached hydrogen (secondary N) is 1. The summed E-state index contributed by atoms with van der Waals surface area (Å²) in [5.41, 5.74) is 7.38. The van der Waals surface area contributed by atoms with Crippen molar-refractivity contribution < 1.29 is 0 Å². The third kappa shape index (κ3) is 5.02. The molecule has 0 radical (unpaired) electrons. The van der Waals surface area contributed by atoms with Crippen molar-refractivity contribution in [3.63, 3.8) is 0 Å². The van der Waals surface area contributed by atoms with Crippen molar-refractivity contribution in [3.8, 4) is 0 Å². The fourth-order valence-electron chi connectivity index (χ4n) is 2.61. The predicted octanol–water partition coefficient (Wildman–Crippen LogP) is 4.08. The first-order chi connectivity index (χ1) is 9.31. The van der Waals surface area contributed by atoms with Crippen molar-refractivity contribution in [3.05, 3.63) is 34.9 Å². The highest BCUT2D eigenvalue weighted by molar-refractivity contribution is 14.0. The number of nitrogens with two attached hydrogens (primary N) is 1. The van der Waals surface area contributed by atoms with E-state index in [1.165, 1.54) is 24.8 Å². The SMILES string of the molecule is CC(C)(C)NC(N)=NCC1(c2ccc(Cl)cc2)CCC1.I. The number of hydrogen-bond donors (Lipinski definition) is 2. The first-order valence-corrected chi connectivity index (χ1v) is 7.53. The van der Waals surface area contributed by atoms with Gasteiger partial charge in [-0.25, -0.2) is 0 Å². The molecule has 5 heteroatoms. The second-order valence-corrected chi connectivity index (χ2v) is 7.15. The molecular weight excluding hydrogens is 397 g/mol. The van der Waals surface area contributed by atoms with Crippen LogP contribution < -0.4 is 11.1 Å². The molecule has 0 bridgehead atoms. The predicted molar refractivity (Wildman–Crippen MR) is 102 cm³/mol. The van der Waals surface area contributed by atoms with Crippen molar-refractivity contribution in [1.29, 1.82) is 0 Å². The molecule has 1 saturated carbocycles. The molecule has 1 aliphatic carbocycles. The van der Waals surface area contributed by atoms with Crippen LogP contribution in [-0.4, -0.2) is 18.0 Å². The fraction of sp³-hybridized carbons (Fsp3) is 0.562. The Balaban J connectivity index is 0.00000220. The zero-order valence-electron chi connectivity index (χ0n) is 12.9. The van der Waals surface area contributed by atoms with E-state index in [1.54, 1.807) is 0 Å². The first kappa shape index (κ1) is 18.6. The molecule has 0 saturated heterocycles. The van der Waals surface area contributed by atoms with Gasteiger partial charge in [0, 0.05) is 16.0 Å². The van der Waals surface area contributed by atoms with E-state index in [4.69, 9.17) is 17.3 Å². The third-order valence-electron chi connectivity index (χ3n) is 3.82. The summed E-state index contributed by atoms with van der Waals surface area (Å²) in [6.07, 6.45) is 3.59. The van der Waals surface area contributed by atoms with Gasteiger partial charge in [-0.05, 0) is 51.3 Å². The first-order valence-electron chi connectivity index (χ1n) is 7.15. The standard InChI is InChI=1S/C16H24ClN3.HI/c1-15(2,3)20-14(18)19-11-16(9-4-10-16)12-5-7-13(17)8-6-12;/h5-8H,4,9-11H2,1-3H3,(H3,18,19,20);1H. The summed E-state index contributed by atoms with van der Waals surface area (Å²) in [7, 11) is 0. The molecule has 0 aromatic heterocycles. The highest BCUT2D eigenvalue weighted by atomic mass is 127. The summed E-state index contributed by atoms with van der Waals surface area (Å²) >= 11 is 5.97. The smallest absolute Gasteiger partial charge is 0.189 e. The topological polar surface area (TPSA) is 50.4 Å². The molecule has 0 heterocycles. The lowest BCUT2D eigenvalue weighted by molar-refractivity contribution is 0.253. The van der Waals surface area contributed by atoms with E-state index in [2.05, 4.69) is 43.2 Å². The Labute approximate surface area is 149 Å². The lowest BCUT2D eigenvalue weighted by Crippen LogP contribution is -2.46. The van der Waals surface area contributed by atoms with Crippen molar-refractivity contribution in [2.24, 2.45) is 10.7 Å². The quantitative estimate of drug-likeness (QED) is 0.439. The van der Waals surface area contributed by atoms with Gasteiger partial charge >= 0.3 is 0 Å². The van der Waals surface area contributed by atoms with E-state index in [-0.39, 0.29) is 34.9 Å². The van der Waals surface area contributed by atoms with Crippen LogP contribution in [0.1, 0.15) is 45.6 Å². The molecule has 1 aromatic rings. The normalized spacial score (nSPS) is 17.6. The van der Waals surface area contributed by atoms with Crippen LogP contribution in [0.25, 0.3) is 0 Å². The van der Waals surface area contributed by atoms with Crippen LogP contribution in [0.3, 0.4) is 0 Å².